The van der Waals surface area contributed by atoms with E-state index in [0.717, 1.165) is 23.9 Å². The summed E-state index contributed by atoms with van der Waals surface area (Å²) in [6.07, 6.45) is 3.76. The fraction of sp³-hybridized carbons (Fsp3) is 0.130. The number of ketones is 1. The van der Waals surface area contributed by atoms with Crippen molar-refractivity contribution in [2.24, 2.45) is 0 Å². The Kier molecular flexibility index (Phi) is 6.43. The summed E-state index contributed by atoms with van der Waals surface area (Å²) >= 11 is 6.97. The molecule has 0 aliphatic heterocycles. The van der Waals surface area contributed by atoms with Crippen molar-refractivity contribution in [3.8, 4) is 11.1 Å². The van der Waals surface area contributed by atoms with E-state index in [9.17, 15) is 13.6 Å². The highest BCUT2D eigenvalue weighted by Crippen LogP contribution is 2.31. The van der Waals surface area contributed by atoms with E-state index < -0.39 is 34.5 Å². The molecule has 4 nitrogen and oxygen atoms in total. The molecule has 0 unspecified atom stereocenters. The molecule has 4 aromatic rings. The van der Waals surface area contributed by atoms with Crippen LogP contribution in [0.5, 0.6) is 0 Å². The van der Waals surface area contributed by atoms with E-state index in [1.165, 1.54) is 6.20 Å². The van der Waals surface area contributed by atoms with Crippen molar-refractivity contribution in [3.63, 3.8) is 0 Å². The molecule has 2 aromatic carbocycles. The Morgan fingerprint density at radius 2 is 1.84 bits per heavy atom. The summed E-state index contributed by atoms with van der Waals surface area (Å²) in [7, 11) is 0. The highest BCUT2D eigenvalue weighted by molar-refractivity contribution is 8.00. The van der Waals surface area contributed by atoms with Gasteiger partial charge in [0.15, 0.2) is 23.2 Å². The lowest BCUT2D eigenvalue weighted by molar-refractivity contribution is 0.103. The van der Waals surface area contributed by atoms with Gasteiger partial charge in [-0.3, -0.25) is 4.79 Å². The van der Waals surface area contributed by atoms with E-state index in [1.807, 2.05) is 6.92 Å². The number of benzene rings is 2. The maximum absolute atomic E-state index is 15.0. The van der Waals surface area contributed by atoms with Crippen LogP contribution in [0.25, 0.3) is 22.2 Å². The topological polar surface area (TPSA) is 57.8 Å². The van der Waals surface area contributed by atoms with Gasteiger partial charge in [-0.25, -0.2) is 18.2 Å². The number of aromatic nitrogens is 2. The number of nitrogens with zero attached hydrogens (tertiary/aromatic N) is 1. The summed E-state index contributed by atoms with van der Waals surface area (Å²) in [4.78, 5) is 20.3. The van der Waals surface area contributed by atoms with Crippen LogP contribution in [0.15, 0.2) is 48.8 Å². The zero-order valence-corrected chi connectivity index (χ0v) is 18.4. The van der Waals surface area contributed by atoms with Gasteiger partial charge in [0, 0.05) is 39.7 Å². The predicted molar refractivity (Wildman–Crippen MR) is 123 cm³/mol. The van der Waals surface area contributed by atoms with Crippen LogP contribution in [-0.2, 0) is 0 Å². The molecule has 0 fully saturated rings. The highest BCUT2D eigenvalue weighted by Gasteiger charge is 2.25. The Morgan fingerprint density at radius 3 is 2.56 bits per heavy atom. The summed E-state index contributed by atoms with van der Waals surface area (Å²) in [5.41, 5.74) is 0.799. The van der Waals surface area contributed by atoms with E-state index >= 15 is 4.39 Å². The molecule has 2 N–H and O–H groups in total. The van der Waals surface area contributed by atoms with Gasteiger partial charge in [-0.1, -0.05) is 42.6 Å². The summed E-state index contributed by atoms with van der Waals surface area (Å²) < 4.78 is 45.9. The molecule has 0 spiro atoms. The van der Waals surface area contributed by atoms with Crippen LogP contribution < -0.4 is 4.72 Å². The number of rotatable bonds is 7. The molecule has 0 saturated carbocycles. The van der Waals surface area contributed by atoms with Crippen LogP contribution in [0.3, 0.4) is 0 Å². The van der Waals surface area contributed by atoms with Crippen LogP contribution >= 0.6 is 23.5 Å². The number of anilines is 1. The molecule has 0 radical (unpaired) electrons. The summed E-state index contributed by atoms with van der Waals surface area (Å²) in [5.74, 6) is -4.05. The highest BCUT2D eigenvalue weighted by atomic mass is 35.5. The van der Waals surface area contributed by atoms with Crippen LogP contribution in [0.1, 0.15) is 29.3 Å². The molecular formula is C23H17ClF3N3OS. The monoisotopic (exact) mass is 475 g/mol. The van der Waals surface area contributed by atoms with E-state index in [1.54, 1.807) is 36.5 Å². The first-order valence-corrected chi connectivity index (χ1v) is 11.1. The van der Waals surface area contributed by atoms with Crippen molar-refractivity contribution < 1.29 is 18.0 Å². The maximum atomic E-state index is 15.0. The predicted octanol–water partition coefficient (Wildman–Crippen LogP) is 7.00. The van der Waals surface area contributed by atoms with Crippen LogP contribution in [-0.4, -0.2) is 21.5 Å². The van der Waals surface area contributed by atoms with Crippen molar-refractivity contribution in [2.75, 3.05) is 10.5 Å². The van der Waals surface area contributed by atoms with Crippen molar-refractivity contribution in [3.05, 3.63) is 82.4 Å². The van der Waals surface area contributed by atoms with Crippen LogP contribution in [0.4, 0.5) is 18.9 Å². The average Bonchev–Trinajstić information content (AvgIpc) is 3.22. The number of hydrogen-bond acceptors (Lipinski definition) is 4. The molecule has 0 atom stereocenters. The van der Waals surface area contributed by atoms with Gasteiger partial charge in [0.2, 0.25) is 0 Å². The van der Waals surface area contributed by atoms with E-state index in [0.29, 0.717) is 33.4 Å². The maximum Gasteiger partial charge on any atom is 0.198 e. The quantitative estimate of drug-likeness (QED) is 0.131. The molecule has 164 valence electrons. The molecule has 0 bridgehead atoms. The van der Waals surface area contributed by atoms with Gasteiger partial charge < -0.3 is 9.71 Å². The zero-order chi connectivity index (χ0) is 22.8. The largest absolute Gasteiger partial charge is 0.345 e. The van der Waals surface area contributed by atoms with Crippen molar-refractivity contribution >= 4 is 46.1 Å². The van der Waals surface area contributed by atoms with Crippen molar-refractivity contribution in [1.82, 2.24) is 9.97 Å². The molecule has 0 saturated heterocycles. The normalized spacial score (nSPS) is 11.2. The lowest BCUT2D eigenvalue weighted by Crippen LogP contribution is -2.09. The number of nitrogens with one attached hydrogen (secondary N) is 2. The summed E-state index contributed by atoms with van der Waals surface area (Å²) in [5, 5.41) is 1.01. The van der Waals surface area contributed by atoms with Crippen LogP contribution in [0, 0.1) is 17.5 Å². The van der Waals surface area contributed by atoms with Gasteiger partial charge in [-0.05, 0) is 36.2 Å². The van der Waals surface area contributed by atoms with Crippen molar-refractivity contribution in [2.45, 2.75) is 13.3 Å². The smallest absolute Gasteiger partial charge is 0.198 e. The minimum absolute atomic E-state index is 0.0976. The molecular weight excluding hydrogens is 459 g/mol. The standard InChI is InChI=1S/C23H17ClF3N3OS/c1-2-7-32-30-21-19(26)16(9-18(25)20(21)27)22(31)17-11-29-23-15(17)8-13(10-28-23)12-3-5-14(24)6-4-12/h3-6,8-11,30H,2,7H2,1H3,(H,28,29). The zero-order valence-electron chi connectivity index (χ0n) is 16.8. The Bertz CT molecular complexity index is 1310. The SMILES string of the molecule is CCCSNc1c(F)c(F)cc(C(=O)c2c[nH]c3ncc(-c4ccc(Cl)cc4)cc23)c1F. The first-order chi connectivity index (χ1) is 15.4. The van der Waals surface area contributed by atoms with E-state index in [-0.39, 0.29) is 5.56 Å². The van der Waals surface area contributed by atoms with E-state index in [4.69, 9.17) is 11.6 Å². The number of fused-ring (bicyclic) bond motifs is 1. The number of halogens is 4. The van der Waals surface area contributed by atoms with E-state index in [2.05, 4.69) is 14.7 Å². The lowest BCUT2D eigenvalue weighted by Gasteiger charge is -2.11. The number of H-pyrrole nitrogens is 1. The molecule has 0 aliphatic rings. The minimum Gasteiger partial charge on any atom is -0.345 e. The second kappa shape index (κ2) is 9.26. The Morgan fingerprint density at radius 1 is 1.09 bits per heavy atom. The number of carbonyl (C=O) groups excluding carboxylic acids is 1. The molecule has 0 aliphatic carbocycles. The Labute approximate surface area is 191 Å². The third-order valence-corrected chi connectivity index (χ3v) is 6.05. The van der Waals surface area contributed by atoms with Gasteiger partial charge in [0.1, 0.15) is 11.3 Å². The molecule has 32 heavy (non-hydrogen) atoms. The third-order valence-electron chi connectivity index (χ3n) is 4.83. The summed E-state index contributed by atoms with van der Waals surface area (Å²) in [6.45, 7) is 1.89. The van der Waals surface area contributed by atoms with Gasteiger partial charge in [0.25, 0.3) is 0 Å². The minimum atomic E-state index is -1.37. The number of hydrogen-bond donors (Lipinski definition) is 2. The molecule has 2 heterocycles. The Balaban J connectivity index is 1.77. The average molecular weight is 476 g/mol. The number of carbonyl (C=O) groups is 1. The van der Waals surface area contributed by atoms with Crippen molar-refractivity contribution in [1.29, 1.82) is 0 Å². The Hall–Kier alpha value is -2.97. The third kappa shape index (κ3) is 4.20. The first kappa shape index (κ1) is 22.2. The fourth-order valence-corrected chi connectivity index (χ4v) is 3.98. The van der Waals surface area contributed by atoms with Gasteiger partial charge >= 0.3 is 0 Å². The van der Waals surface area contributed by atoms with Gasteiger partial charge in [-0.15, -0.1) is 0 Å². The lowest BCUT2D eigenvalue weighted by atomic mass is 10.00. The second-order valence-corrected chi connectivity index (χ2v) is 8.36. The first-order valence-electron chi connectivity index (χ1n) is 9.73. The molecule has 4 rings (SSSR count). The van der Waals surface area contributed by atoms with Gasteiger partial charge in [-0.2, -0.15) is 0 Å². The number of pyridine rings is 1. The number of aromatic amines is 1. The molecule has 2 aromatic heterocycles. The molecule has 0 amide bonds. The molecule has 9 heteroatoms. The van der Waals surface area contributed by atoms with Gasteiger partial charge in [0.05, 0.1) is 5.56 Å². The fourth-order valence-electron chi connectivity index (χ4n) is 3.22. The second-order valence-electron chi connectivity index (χ2n) is 7.02. The van der Waals surface area contributed by atoms with Crippen LogP contribution in [0.2, 0.25) is 5.02 Å². The summed E-state index contributed by atoms with van der Waals surface area (Å²) in [6, 6.07) is 9.37.